The molecule has 0 radical (unpaired) electrons. The van der Waals surface area contributed by atoms with Crippen molar-refractivity contribution in [2.75, 3.05) is 7.05 Å². The third-order valence-corrected chi connectivity index (χ3v) is 2.98. The van der Waals surface area contributed by atoms with Crippen molar-refractivity contribution >= 4 is 34.7 Å². The average molecular weight is 246 g/mol. The van der Waals surface area contributed by atoms with E-state index in [1.54, 1.807) is 7.05 Å². The van der Waals surface area contributed by atoms with Crippen LogP contribution in [0.3, 0.4) is 0 Å². The molecular formula is C9H18N4S2. The molecular weight excluding hydrogens is 228 g/mol. The number of nitrogens with one attached hydrogen (secondary N) is 4. The van der Waals surface area contributed by atoms with Crippen LogP contribution in [-0.2, 0) is 0 Å². The number of hydrazine groups is 1. The summed E-state index contributed by atoms with van der Waals surface area (Å²) in [5.41, 5.74) is 5.64. The fourth-order valence-corrected chi connectivity index (χ4v) is 1.91. The highest BCUT2D eigenvalue weighted by atomic mass is 32.1. The Morgan fingerprint density at radius 1 is 1.00 bits per heavy atom. The molecule has 15 heavy (non-hydrogen) atoms. The van der Waals surface area contributed by atoms with Crippen LogP contribution in [0.25, 0.3) is 0 Å². The van der Waals surface area contributed by atoms with Crippen molar-refractivity contribution in [1.29, 1.82) is 0 Å². The van der Waals surface area contributed by atoms with E-state index < -0.39 is 0 Å². The summed E-state index contributed by atoms with van der Waals surface area (Å²) in [7, 11) is 1.76. The van der Waals surface area contributed by atoms with Crippen LogP contribution in [0.5, 0.6) is 0 Å². The molecule has 0 heterocycles. The number of thiocarbonyl (C=S) groups is 2. The molecule has 0 aliphatic heterocycles. The Hall–Kier alpha value is -0.620. The second kappa shape index (κ2) is 6.79. The van der Waals surface area contributed by atoms with Crippen LogP contribution in [0.4, 0.5) is 0 Å². The molecule has 0 aromatic rings. The van der Waals surface area contributed by atoms with Crippen molar-refractivity contribution in [3.05, 3.63) is 0 Å². The SMILES string of the molecule is CNC(=S)NNC(=S)NC1CCCCC1. The van der Waals surface area contributed by atoms with Crippen LogP contribution < -0.4 is 21.5 Å². The quantitative estimate of drug-likeness (QED) is 0.405. The molecule has 86 valence electrons. The molecule has 1 fully saturated rings. The summed E-state index contributed by atoms with van der Waals surface area (Å²) < 4.78 is 0. The first-order valence-electron chi connectivity index (χ1n) is 5.26. The minimum absolute atomic E-state index is 0.517. The summed E-state index contributed by atoms with van der Waals surface area (Å²) in [6.07, 6.45) is 6.35. The smallest absolute Gasteiger partial charge is 0.185 e. The molecule has 1 aliphatic carbocycles. The van der Waals surface area contributed by atoms with Gasteiger partial charge in [-0.05, 0) is 37.3 Å². The largest absolute Gasteiger partial charge is 0.364 e. The maximum Gasteiger partial charge on any atom is 0.185 e. The van der Waals surface area contributed by atoms with Crippen LogP contribution >= 0.6 is 24.4 Å². The zero-order valence-electron chi connectivity index (χ0n) is 8.93. The molecule has 0 aromatic heterocycles. The predicted octanol–water partition coefficient (Wildman–Crippen LogP) is 0.792. The lowest BCUT2D eigenvalue weighted by Gasteiger charge is -2.24. The highest BCUT2D eigenvalue weighted by Gasteiger charge is 2.13. The molecule has 4 N–H and O–H groups in total. The standard InChI is InChI=1S/C9H18N4S2/c1-10-8(14)12-13-9(15)11-7-5-3-2-4-6-7/h7H,2-6H2,1H3,(H2,10,12,14)(H2,11,13,15). The van der Waals surface area contributed by atoms with Gasteiger partial charge < -0.3 is 10.6 Å². The first kappa shape index (κ1) is 12.4. The molecule has 6 heteroatoms. The predicted molar refractivity (Wildman–Crippen MR) is 70.5 cm³/mol. The van der Waals surface area contributed by atoms with E-state index in [-0.39, 0.29) is 0 Å². The molecule has 0 atom stereocenters. The number of hydrogen-bond acceptors (Lipinski definition) is 2. The molecule has 0 unspecified atom stereocenters. The lowest BCUT2D eigenvalue weighted by Crippen LogP contribution is -2.51. The monoisotopic (exact) mass is 246 g/mol. The van der Waals surface area contributed by atoms with Crippen molar-refractivity contribution in [3.8, 4) is 0 Å². The summed E-state index contributed by atoms with van der Waals surface area (Å²) in [6, 6.07) is 0.517. The van der Waals surface area contributed by atoms with Crippen LogP contribution in [-0.4, -0.2) is 23.3 Å². The Bertz CT molecular complexity index is 226. The Kier molecular flexibility index (Phi) is 5.63. The third-order valence-electron chi connectivity index (χ3n) is 2.46. The lowest BCUT2D eigenvalue weighted by molar-refractivity contribution is 0.411. The van der Waals surface area contributed by atoms with Crippen LogP contribution in [0.1, 0.15) is 32.1 Å². The molecule has 0 saturated heterocycles. The van der Waals surface area contributed by atoms with E-state index in [0.29, 0.717) is 16.3 Å². The molecule has 4 nitrogen and oxygen atoms in total. The lowest BCUT2D eigenvalue weighted by atomic mass is 9.96. The van der Waals surface area contributed by atoms with E-state index in [1.165, 1.54) is 32.1 Å². The van der Waals surface area contributed by atoms with Gasteiger partial charge in [-0.2, -0.15) is 0 Å². The molecule has 0 spiro atoms. The second-order valence-corrected chi connectivity index (χ2v) is 4.45. The summed E-state index contributed by atoms with van der Waals surface area (Å²) in [5.74, 6) is 0. The normalized spacial score (nSPS) is 16.6. The Labute approximate surface area is 102 Å². The Morgan fingerprint density at radius 2 is 1.60 bits per heavy atom. The molecule has 1 saturated carbocycles. The van der Waals surface area contributed by atoms with Crippen LogP contribution in [0.15, 0.2) is 0 Å². The van der Waals surface area contributed by atoms with Gasteiger partial charge in [-0.15, -0.1) is 0 Å². The highest BCUT2D eigenvalue weighted by Crippen LogP contribution is 2.16. The van der Waals surface area contributed by atoms with Crippen molar-refractivity contribution in [2.45, 2.75) is 38.1 Å². The zero-order valence-corrected chi connectivity index (χ0v) is 10.6. The Balaban J connectivity index is 2.14. The second-order valence-electron chi connectivity index (χ2n) is 3.64. The fraction of sp³-hybridized carbons (Fsp3) is 0.778. The maximum absolute atomic E-state index is 5.13. The van der Waals surface area contributed by atoms with E-state index >= 15 is 0 Å². The molecule has 0 aromatic carbocycles. The molecule has 0 amide bonds. The topological polar surface area (TPSA) is 48.1 Å². The summed E-state index contributed by atoms with van der Waals surface area (Å²) in [5, 5.41) is 7.20. The van der Waals surface area contributed by atoms with Gasteiger partial charge in [0.05, 0.1) is 0 Å². The van der Waals surface area contributed by atoms with E-state index in [2.05, 4.69) is 21.5 Å². The number of rotatable bonds is 1. The van der Waals surface area contributed by atoms with Gasteiger partial charge in [-0.1, -0.05) is 19.3 Å². The van der Waals surface area contributed by atoms with E-state index in [1.807, 2.05) is 0 Å². The van der Waals surface area contributed by atoms with Crippen molar-refractivity contribution in [3.63, 3.8) is 0 Å². The van der Waals surface area contributed by atoms with Gasteiger partial charge in [0.2, 0.25) is 0 Å². The first-order valence-corrected chi connectivity index (χ1v) is 6.08. The fourth-order valence-electron chi connectivity index (χ4n) is 1.64. The summed E-state index contributed by atoms with van der Waals surface area (Å²) in [4.78, 5) is 0. The van der Waals surface area contributed by atoms with Gasteiger partial charge in [0, 0.05) is 13.1 Å². The Morgan fingerprint density at radius 3 is 2.20 bits per heavy atom. The zero-order chi connectivity index (χ0) is 11.1. The van der Waals surface area contributed by atoms with E-state index in [9.17, 15) is 0 Å². The van der Waals surface area contributed by atoms with E-state index in [0.717, 1.165) is 0 Å². The van der Waals surface area contributed by atoms with Gasteiger partial charge in [0.15, 0.2) is 10.2 Å². The maximum atomic E-state index is 5.13. The molecule has 0 bridgehead atoms. The van der Waals surface area contributed by atoms with E-state index in [4.69, 9.17) is 24.4 Å². The highest BCUT2D eigenvalue weighted by molar-refractivity contribution is 7.80. The molecule has 1 rings (SSSR count). The average Bonchev–Trinajstić information content (AvgIpc) is 2.27. The minimum atomic E-state index is 0.517. The number of hydrogen-bond donors (Lipinski definition) is 4. The first-order chi connectivity index (χ1) is 7.22. The van der Waals surface area contributed by atoms with Gasteiger partial charge in [0.1, 0.15) is 0 Å². The van der Waals surface area contributed by atoms with Crippen LogP contribution in [0, 0.1) is 0 Å². The van der Waals surface area contributed by atoms with Crippen molar-refractivity contribution in [1.82, 2.24) is 21.5 Å². The van der Waals surface area contributed by atoms with Crippen LogP contribution in [0.2, 0.25) is 0 Å². The summed E-state index contributed by atoms with van der Waals surface area (Å²) >= 11 is 10.0. The molecule has 1 aliphatic rings. The van der Waals surface area contributed by atoms with Crippen molar-refractivity contribution < 1.29 is 0 Å². The minimum Gasteiger partial charge on any atom is -0.364 e. The van der Waals surface area contributed by atoms with Gasteiger partial charge in [0.25, 0.3) is 0 Å². The van der Waals surface area contributed by atoms with Gasteiger partial charge in [-0.3, -0.25) is 10.9 Å². The third kappa shape index (κ3) is 5.13. The van der Waals surface area contributed by atoms with Gasteiger partial charge in [-0.25, -0.2) is 0 Å². The van der Waals surface area contributed by atoms with Crippen molar-refractivity contribution in [2.24, 2.45) is 0 Å². The summed E-state index contributed by atoms with van der Waals surface area (Å²) in [6.45, 7) is 0. The van der Waals surface area contributed by atoms with Gasteiger partial charge >= 0.3 is 0 Å².